The highest BCUT2D eigenvalue weighted by Gasteiger charge is 2.20. The van der Waals surface area contributed by atoms with E-state index >= 15 is 0 Å². The molecule has 1 aromatic heterocycles. The van der Waals surface area contributed by atoms with E-state index in [1.807, 2.05) is 62.7 Å². The van der Waals surface area contributed by atoms with Crippen LogP contribution in [-0.4, -0.2) is 25.9 Å². The summed E-state index contributed by atoms with van der Waals surface area (Å²) in [7, 11) is 1.92. The molecule has 3 rings (SSSR count). The lowest BCUT2D eigenvalue weighted by Crippen LogP contribution is -2.23. The van der Waals surface area contributed by atoms with E-state index in [1.165, 1.54) is 17.3 Å². The van der Waals surface area contributed by atoms with Crippen LogP contribution in [0.2, 0.25) is 0 Å². The van der Waals surface area contributed by atoms with Crippen molar-refractivity contribution in [1.29, 1.82) is 0 Å². The molecule has 0 saturated carbocycles. The monoisotopic (exact) mass is 380 g/mol. The number of nitrogens with one attached hydrogen (secondary N) is 1. The number of carbonyl (C=O) groups excluding carboxylic acids is 1. The molecular weight excluding hydrogens is 356 g/mol. The van der Waals surface area contributed by atoms with Crippen molar-refractivity contribution in [2.45, 2.75) is 38.1 Å². The largest absolute Gasteiger partial charge is 0.325 e. The molecule has 27 heavy (non-hydrogen) atoms. The number of aromatic nitrogens is 3. The zero-order valence-electron chi connectivity index (χ0n) is 16.3. The number of benzene rings is 2. The number of hydrogen-bond acceptors (Lipinski definition) is 4. The van der Waals surface area contributed by atoms with E-state index in [0.29, 0.717) is 0 Å². The van der Waals surface area contributed by atoms with Gasteiger partial charge in [-0.05, 0) is 38.8 Å². The lowest BCUT2D eigenvalue weighted by atomic mass is 10.1. The summed E-state index contributed by atoms with van der Waals surface area (Å²) >= 11 is 1.41. The molecule has 140 valence electrons. The van der Waals surface area contributed by atoms with Crippen LogP contribution in [0.4, 0.5) is 5.69 Å². The number of anilines is 1. The van der Waals surface area contributed by atoms with Gasteiger partial charge in [0.1, 0.15) is 0 Å². The highest BCUT2D eigenvalue weighted by Crippen LogP contribution is 2.27. The van der Waals surface area contributed by atoms with Crippen molar-refractivity contribution < 1.29 is 4.79 Å². The minimum atomic E-state index is -0.294. The molecule has 1 atom stereocenters. The molecule has 2 aromatic carbocycles. The predicted octanol–water partition coefficient (Wildman–Crippen LogP) is 4.53. The highest BCUT2D eigenvalue weighted by molar-refractivity contribution is 8.00. The molecule has 0 saturated heterocycles. The molecule has 0 aliphatic rings. The maximum Gasteiger partial charge on any atom is 0.237 e. The summed E-state index contributed by atoms with van der Waals surface area (Å²) in [5.41, 5.74) is 5.21. The third-order valence-corrected chi connectivity index (χ3v) is 5.66. The van der Waals surface area contributed by atoms with Crippen molar-refractivity contribution in [3.05, 3.63) is 59.2 Å². The quantitative estimate of drug-likeness (QED) is 0.661. The lowest BCUT2D eigenvalue weighted by molar-refractivity contribution is -0.115. The van der Waals surface area contributed by atoms with E-state index in [-0.39, 0.29) is 11.2 Å². The number of hydrogen-bond donors (Lipinski definition) is 1. The Morgan fingerprint density at radius 3 is 2.30 bits per heavy atom. The highest BCUT2D eigenvalue weighted by atomic mass is 32.2. The topological polar surface area (TPSA) is 59.8 Å². The zero-order valence-corrected chi connectivity index (χ0v) is 17.1. The molecule has 1 amide bonds. The van der Waals surface area contributed by atoms with Gasteiger partial charge in [0.2, 0.25) is 5.91 Å². The molecule has 3 aromatic rings. The SMILES string of the molecule is Cc1ccc(-c2nnc(SC(C)C(=O)Nc3c(C)cccc3C)n2C)cc1. The van der Waals surface area contributed by atoms with Crippen LogP contribution < -0.4 is 5.32 Å². The van der Waals surface area contributed by atoms with Crippen molar-refractivity contribution in [2.24, 2.45) is 7.05 Å². The van der Waals surface area contributed by atoms with Crippen molar-refractivity contribution >= 4 is 23.4 Å². The molecule has 5 nitrogen and oxygen atoms in total. The Morgan fingerprint density at radius 1 is 1.04 bits per heavy atom. The first-order chi connectivity index (χ1) is 12.9. The van der Waals surface area contributed by atoms with Crippen molar-refractivity contribution in [1.82, 2.24) is 14.8 Å². The summed E-state index contributed by atoms with van der Waals surface area (Å²) in [6.07, 6.45) is 0. The molecule has 6 heteroatoms. The smallest absolute Gasteiger partial charge is 0.237 e. The molecule has 0 bridgehead atoms. The van der Waals surface area contributed by atoms with Crippen LogP contribution in [0.3, 0.4) is 0 Å². The van der Waals surface area contributed by atoms with Crippen molar-refractivity contribution in [3.8, 4) is 11.4 Å². The third kappa shape index (κ3) is 4.22. The van der Waals surface area contributed by atoms with Crippen LogP contribution >= 0.6 is 11.8 Å². The minimum Gasteiger partial charge on any atom is -0.325 e. The number of aryl methyl sites for hydroxylation is 3. The molecule has 0 fully saturated rings. The third-order valence-electron chi connectivity index (χ3n) is 4.53. The van der Waals surface area contributed by atoms with Gasteiger partial charge in [-0.3, -0.25) is 4.79 Å². The Balaban J connectivity index is 1.73. The average molecular weight is 381 g/mol. The maximum absolute atomic E-state index is 12.7. The Morgan fingerprint density at radius 2 is 1.67 bits per heavy atom. The first-order valence-electron chi connectivity index (χ1n) is 8.87. The van der Waals surface area contributed by atoms with Crippen LogP contribution in [0.25, 0.3) is 11.4 Å². The molecule has 0 spiro atoms. The Labute approximate surface area is 164 Å². The number of para-hydroxylation sites is 1. The van der Waals surface area contributed by atoms with E-state index in [0.717, 1.165) is 33.4 Å². The summed E-state index contributed by atoms with van der Waals surface area (Å²) in [6.45, 7) is 7.93. The van der Waals surface area contributed by atoms with Gasteiger partial charge in [0, 0.05) is 18.3 Å². The maximum atomic E-state index is 12.7. The number of nitrogens with zero attached hydrogens (tertiary/aromatic N) is 3. The molecule has 1 unspecified atom stereocenters. The van der Waals surface area contributed by atoms with E-state index < -0.39 is 0 Å². The van der Waals surface area contributed by atoms with Gasteiger partial charge < -0.3 is 9.88 Å². The zero-order chi connectivity index (χ0) is 19.6. The Kier molecular flexibility index (Phi) is 5.65. The summed E-state index contributed by atoms with van der Waals surface area (Å²) in [5.74, 6) is 0.747. The molecule has 0 aliphatic carbocycles. The Bertz CT molecular complexity index is 943. The van der Waals surface area contributed by atoms with Gasteiger partial charge >= 0.3 is 0 Å². The number of carbonyl (C=O) groups is 1. The van der Waals surface area contributed by atoms with Crippen molar-refractivity contribution in [3.63, 3.8) is 0 Å². The van der Waals surface area contributed by atoms with Crippen molar-refractivity contribution in [2.75, 3.05) is 5.32 Å². The standard InChI is InChI=1S/C21H24N4OS/c1-13-9-11-17(12-10-13)19-23-24-21(25(19)5)27-16(4)20(26)22-18-14(2)7-6-8-15(18)3/h6-12,16H,1-5H3,(H,22,26). The molecular formula is C21H24N4OS. The summed E-state index contributed by atoms with van der Waals surface area (Å²) < 4.78 is 1.93. The van der Waals surface area contributed by atoms with E-state index in [2.05, 4.69) is 34.6 Å². The Hall–Kier alpha value is -2.60. The van der Waals surface area contributed by atoms with Gasteiger partial charge in [-0.15, -0.1) is 10.2 Å². The fraction of sp³-hybridized carbons (Fsp3) is 0.286. The van der Waals surface area contributed by atoms with Gasteiger partial charge in [0.15, 0.2) is 11.0 Å². The second kappa shape index (κ2) is 7.96. The number of thioether (sulfide) groups is 1. The van der Waals surface area contributed by atoms with Gasteiger partial charge in [0.05, 0.1) is 5.25 Å². The summed E-state index contributed by atoms with van der Waals surface area (Å²) in [6, 6.07) is 14.2. The fourth-order valence-electron chi connectivity index (χ4n) is 2.82. The van der Waals surface area contributed by atoms with E-state index in [1.54, 1.807) is 0 Å². The second-order valence-corrected chi connectivity index (χ2v) is 8.06. The second-order valence-electron chi connectivity index (χ2n) is 6.75. The van der Waals surface area contributed by atoms with Crippen LogP contribution in [0, 0.1) is 20.8 Å². The van der Waals surface area contributed by atoms with Gasteiger partial charge in [-0.2, -0.15) is 0 Å². The summed E-state index contributed by atoms with van der Waals surface area (Å²) in [4.78, 5) is 12.7. The lowest BCUT2D eigenvalue weighted by Gasteiger charge is -2.15. The van der Waals surface area contributed by atoms with Gasteiger partial charge in [-0.1, -0.05) is 59.8 Å². The number of amides is 1. The fourth-order valence-corrected chi connectivity index (χ4v) is 3.63. The minimum absolute atomic E-state index is 0.0442. The van der Waals surface area contributed by atoms with Crippen LogP contribution in [0.15, 0.2) is 47.6 Å². The van der Waals surface area contributed by atoms with Crippen LogP contribution in [0.5, 0.6) is 0 Å². The summed E-state index contributed by atoms with van der Waals surface area (Å²) in [5, 5.41) is 12.0. The van der Waals surface area contributed by atoms with E-state index in [9.17, 15) is 4.79 Å². The van der Waals surface area contributed by atoms with Crippen LogP contribution in [-0.2, 0) is 11.8 Å². The molecule has 1 N–H and O–H groups in total. The molecule has 0 aliphatic heterocycles. The van der Waals surface area contributed by atoms with Gasteiger partial charge in [-0.25, -0.2) is 0 Å². The van der Waals surface area contributed by atoms with E-state index in [4.69, 9.17) is 0 Å². The average Bonchev–Trinajstić information content (AvgIpc) is 2.99. The predicted molar refractivity (Wildman–Crippen MR) is 111 cm³/mol. The number of rotatable bonds is 5. The van der Waals surface area contributed by atoms with Gasteiger partial charge in [0.25, 0.3) is 0 Å². The van der Waals surface area contributed by atoms with Crippen LogP contribution in [0.1, 0.15) is 23.6 Å². The normalized spacial score (nSPS) is 12.0. The molecule has 1 heterocycles. The molecule has 0 radical (unpaired) electrons. The first-order valence-corrected chi connectivity index (χ1v) is 9.75. The first kappa shape index (κ1) is 19.2.